The maximum Gasteiger partial charge on any atom is 0.136 e. The Bertz CT molecular complexity index is 3850. The van der Waals surface area contributed by atoms with Crippen LogP contribution in [0.25, 0.3) is 142 Å². The molecule has 0 aromatic heterocycles. The van der Waals surface area contributed by atoms with E-state index in [0.29, 0.717) is 0 Å². The highest BCUT2D eigenvalue weighted by Crippen LogP contribution is 2.55. The van der Waals surface area contributed by atoms with Crippen LogP contribution >= 0.6 is 0 Å². The molecule has 0 atom stereocenters. The molecule has 0 fully saturated rings. The fourth-order valence-electron chi connectivity index (χ4n) is 12.2. The van der Waals surface area contributed by atoms with E-state index in [9.17, 15) is 0 Å². The monoisotopic (exact) mass is 766 g/mol. The van der Waals surface area contributed by atoms with Gasteiger partial charge in [0, 0.05) is 32.7 Å². The largest absolute Gasteiger partial charge is 0.456 e. The summed E-state index contributed by atoms with van der Waals surface area (Å²) in [4.78, 5) is 0. The predicted octanol–water partition coefficient (Wildman–Crippen LogP) is 17.0. The first-order valence-electron chi connectivity index (χ1n) is 21.1. The maximum atomic E-state index is 7.22. The lowest BCUT2D eigenvalue weighted by Crippen LogP contribution is -1.98. The van der Waals surface area contributed by atoms with Gasteiger partial charge in [-0.3, -0.25) is 0 Å². The summed E-state index contributed by atoms with van der Waals surface area (Å²) in [6.07, 6.45) is 0. The normalized spacial score (nSPS) is 12.8. The standard InChI is InChI=1S/C58H38O2/c1-27-17-29(3)49(30(4)18-27)35-21-33-9-7-11-37-39-13-15-45-55-53(39)43(41(23-35)51(33)37)25-47-57(55)58-48(60-45)26-44-42-24-36(50-31(5)19-28(2)20-32(50)6)22-34-10-8-12-38(52(34)42)40-14-16-46(59-47)56(58)54(40)44/h7-26H,1-6H3. The quantitative estimate of drug-likeness (QED) is 0.129. The zero-order valence-electron chi connectivity index (χ0n) is 34.4. The van der Waals surface area contributed by atoms with E-state index in [4.69, 9.17) is 8.83 Å². The molecule has 2 aliphatic heterocycles. The predicted molar refractivity (Wildman–Crippen MR) is 256 cm³/mol. The summed E-state index contributed by atoms with van der Waals surface area (Å²) < 4.78 is 14.4. The number of rotatable bonds is 2. The summed E-state index contributed by atoms with van der Waals surface area (Å²) in [7, 11) is 0. The summed E-state index contributed by atoms with van der Waals surface area (Å²) in [5, 5.41) is 19.8. The first kappa shape index (κ1) is 32.8. The van der Waals surface area contributed by atoms with Crippen LogP contribution in [0.4, 0.5) is 0 Å². The molecule has 12 aromatic rings. The van der Waals surface area contributed by atoms with Crippen molar-refractivity contribution >= 4 is 109 Å². The molecule has 0 spiro atoms. The van der Waals surface area contributed by atoms with Gasteiger partial charge in [-0.15, -0.1) is 0 Å². The van der Waals surface area contributed by atoms with Crippen LogP contribution in [0.1, 0.15) is 33.4 Å². The van der Waals surface area contributed by atoms with Crippen LogP contribution in [0.3, 0.4) is 0 Å². The fourth-order valence-corrected chi connectivity index (χ4v) is 12.2. The van der Waals surface area contributed by atoms with Gasteiger partial charge in [0.05, 0.1) is 0 Å². The van der Waals surface area contributed by atoms with E-state index in [1.54, 1.807) is 0 Å². The van der Waals surface area contributed by atoms with Gasteiger partial charge in [0.1, 0.15) is 22.3 Å². The molecule has 12 aromatic carbocycles. The molecule has 0 unspecified atom stereocenters. The van der Waals surface area contributed by atoms with Crippen molar-refractivity contribution in [1.29, 1.82) is 0 Å². The molecule has 0 N–H and O–H groups in total. The molecule has 0 aliphatic carbocycles. The zero-order chi connectivity index (χ0) is 40.0. The van der Waals surface area contributed by atoms with Gasteiger partial charge in [-0.05, 0) is 211 Å². The van der Waals surface area contributed by atoms with E-state index in [-0.39, 0.29) is 0 Å². The second-order valence-electron chi connectivity index (χ2n) is 17.9. The summed E-state index contributed by atoms with van der Waals surface area (Å²) in [6, 6.07) is 46.1. The molecule has 0 saturated carbocycles. The topological polar surface area (TPSA) is 26.3 Å². The van der Waals surface area contributed by atoms with Crippen LogP contribution in [0.15, 0.2) is 130 Å². The van der Waals surface area contributed by atoms with Crippen molar-refractivity contribution in [2.24, 2.45) is 0 Å². The average molecular weight is 767 g/mol. The molecule has 2 heteroatoms. The summed E-state index contributed by atoms with van der Waals surface area (Å²) in [6.45, 7) is 13.3. The van der Waals surface area contributed by atoms with Crippen molar-refractivity contribution in [3.8, 4) is 33.4 Å². The van der Waals surface area contributed by atoms with Crippen molar-refractivity contribution in [3.05, 3.63) is 155 Å². The van der Waals surface area contributed by atoms with E-state index in [1.165, 1.54) is 131 Å². The lowest BCUT2D eigenvalue weighted by Gasteiger charge is -2.25. The Morgan fingerprint density at radius 1 is 0.283 bits per heavy atom. The molecule has 0 amide bonds. The number of aryl methyl sites for hydroxylation is 6. The van der Waals surface area contributed by atoms with Gasteiger partial charge < -0.3 is 8.83 Å². The van der Waals surface area contributed by atoms with E-state index >= 15 is 0 Å². The second kappa shape index (κ2) is 10.9. The summed E-state index contributed by atoms with van der Waals surface area (Å²) in [5.41, 5.74) is 18.7. The lowest BCUT2D eigenvalue weighted by atomic mass is 9.81. The van der Waals surface area contributed by atoms with E-state index < -0.39 is 0 Å². The van der Waals surface area contributed by atoms with Crippen LogP contribution in [-0.4, -0.2) is 0 Å². The molecule has 2 nitrogen and oxygen atoms in total. The Kier molecular flexibility index (Phi) is 5.95. The van der Waals surface area contributed by atoms with Gasteiger partial charge in [-0.25, -0.2) is 0 Å². The smallest absolute Gasteiger partial charge is 0.136 e. The number of fused-ring (bicyclic) bond motifs is 4. The summed E-state index contributed by atoms with van der Waals surface area (Å²) in [5.74, 6) is 0. The van der Waals surface area contributed by atoms with Crippen molar-refractivity contribution < 1.29 is 8.83 Å². The third-order valence-electron chi connectivity index (χ3n) is 14.2. The third kappa shape index (κ3) is 3.95. The molecule has 2 aliphatic rings. The molecule has 14 rings (SSSR count). The lowest BCUT2D eigenvalue weighted by molar-refractivity contribution is 0.647. The number of hydrogen-bond donors (Lipinski definition) is 0. The van der Waals surface area contributed by atoms with Crippen molar-refractivity contribution in [2.75, 3.05) is 0 Å². The zero-order valence-corrected chi connectivity index (χ0v) is 34.4. The molecule has 2 heterocycles. The first-order chi connectivity index (χ1) is 29.2. The Morgan fingerprint density at radius 2 is 0.667 bits per heavy atom. The van der Waals surface area contributed by atoms with Crippen LogP contribution in [0.2, 0.25) is 0 Å². The average Bonchev–Trinajstić information content (AvgIpc) is 3.22. The van der Waals surface area contributed by atoms with Gasteiger partial charge in [-0.1, -0.05) is 71.8 Å². The minimum atomic E-state index is 0.882. The number of hydrogen-bond acceptors (Lipinski definition) is 2. The highest BCUT2D eigenvalue weighted by Gasteiger charge is 2.30. The van der Waals surface area contributed by atoms with E-state index in [0.717, 1.165) is 44.2 Å². The molecule has 282 valence electrons. The Morgan fingerprint density at radius 3 is 1.08 bits per heavy atom. The molecule has 0 radical (unpaired) electrons. The Hall–Kier alpha value is -7.16. The minimum Gasteiger partial charge on any atom is -0.456 e. The molecular weight excluding hydrogens is 729 g/mol. The van der Waals surface area contributed by atoms with Crippen LogP contribution in [0.5, 0.6) is 0 Å². The SMILES string of the molecule is Cc1cc(C)c(-c2cc3cccc4c5ccc6oc7cc8c9cc(-c%10c(C)cc(C)cc%10C)cc%10cccc(c%11ccc%12oc%13cc(c(c2)c34)c5c6c%13-c7c%12c%118)c%109)c(C)c1. The Labute approximate surface area is 345 Å². The first-order valence-corrected chi connectivity index (χ1v) is 21.1. The minimum absolute atomic E-state index is 0.882. The second-order valence-corrected chi connectivity index (χ2v) is 17.9. The van der Waals surface area contributed by atoms with Crippen molar-refractivity contribution in [3.63, 3.8) is 0 Å². The third-order valence-corrected chi connectivity index (χ3v) is 14.2. The van der Waals surface area contributed by atoms with Gasteiger partial charge in [0.2, 0.25) is 0 Å². The molecule has 0 bridgehead atoms. The van der Waals surface area contributed by atoms with E-state index in [1.807, 2.05) is 0 Å². The molecule has 0 saturated heterocycles. The Balaban J connectivity index is 1.15. The van der Waals surface area contributed by atoms with Crippen LogP contribution in [0, 0.1) is 41.5 Å². The van der Waals surface area contributed by atoms with Gasteiger partial charge in [-0.2, -0.15) is 0 Å². The van der Waals surface area contributed by atoms with E-state index in [2.05, 4.69) is 163 Å². The van der Waals surface area contributed by atoms with Gasteiger partial charge in [0.15, 0.2) is 0 Å². The van der Waals surface area contributed by atoms with Gasteiger partial charge >= 0.3 is 0 Å². The van der Waals surface area contributed by atoms with Crippen molar-refractivity contribution in [1.82, 2.24) is 0 Å². The van der Waals surface area contributed by atoms with Crippen LogP contribution < -0.4 is 0 Å². The summed E-state index contributed by atoms with van der Waals surface area (Å²) >= 11 is 0. The van der Waals surface area contributed by atoms with Crippen LogP contribution in [-0.2, 0) is 0 Å². The van der Waals surface area contributed by atoms with Crippen molar-refractivity contribution in [2.45, 2.75) is 41.5 Å². The molecular formula is C58H38O2. The highest BCUT2D eigenvalue weighted by atomic mass is 16.3. The number of benzene rings is 12. The fraction of sp³-hybridized carbons (Fsp3) is 0.103. The van der Waals surface area contributed by atoms with Gasteiger partial charge in [0.25, 0.3) is 0 Å². The maximum absolute atomic E-state index is 7.22. The molecule has 60 heavy (non-hydrogen) atoms. The highest BCUT2D eigenvalue weighted by molar-refractivity contribution is 6.42.